The third-order valence-electron chi connectivity index (χ3n) is 7.44. The van der Waals surface area contributed by atoms with Crippen LogP contribution < -0.4 is 15.0 Å². The third-order valence-corrected chi connectivity index (χ3v) is 7.44. The molecule has 3 aliphatic heterocycles. The van der Waals surface area contributed by atoms with Crippen molar-refractivity contribution < 1.29 is 14.3 Å². The van der Waals surface area contributed by atoms with E-state index in [0.29, 0.717) is 0 Å². The molecule has 3 aromatic rings. The minimum atomic E-state index is -0.430. The molecule has 3 heterocycles. The minimum absolute atomic E-state index is 0.141. The second kappa shape index (κ2) is 9.53. The number of fused-ring (bicyclic) bond motifs is 3. The maximum Gasteiger partial charge on any atom is 0.328 e. The number of nitrogens with one attached hydrogen (secondary N) is 1. The summed E-state index contributed by atoms with van der Waals surface area (Å²) in [5, 5.41) is 3.58. The van der Waals surface area contributed by atoms with E-state index in [4.69, 9.17) is 4.74 Å². The van der Waals surface area contributed by atoms with Gasteiger partial charge in [-0.2, -0.15) is 0 Å². The topological polar surface area (TPSA) is 68.4 Å². The fourth-order valence-corrected chi connectivity index (χ4v) is 5.65. The molecule has 3 amide bonds. The fraction of sp³-hybridized carbons (Fsp3) is 0.310. The Morgan fingerprint density at radius 3 is 2.43 bits per heavy atom. The van der Waals surface area contributed by atoms with Crippen molar-refractivity contribution in [1.82, 2.24) is 20.0 Å². The summed E-state index contributed by atoms with van der Waals surface area (Å²) in [6.07, 6.45) is 0.370. The SMILES string of the molecule is Cc1cccc(CN2C(=O)C3C(NC4N(c5ccc(Oc6ccccc6)cc5)CCCN34)N(C)C2=O)c1. The number of urea groups is 1. The van der Waals surface area contributed by atoms with Crippen molar-refractivity contribution in [3.63, 3.8) is 0 Å². The molecule has 3 unspecified atom stereocenters. The van der Waals surface area contributed by atoms with Gasteiger partial charge in [0.05, 0.1) is 6.54 Å². The predicted molar refractivity (Wildman–Crippen MR) is 141 cm³/mol. The summed E-state index contributed by atoms with van der Waals surface area (Å²) in [6, 6.07) is 25.0. The molecular weight excluding hydrogens is 466 g/mol. The Bertz CT molecular complexity index is 1300. The summed E-state index contributed by atoms with van der Waals surface area (Å²) >= 11 is 0. The second-order valence-electron chi connectivity index (χ2n) is 9.93. The summed E-state index contributed by atoms with van der Waals surface area (Å²) in [5.41, 5.74) is 3.10. The van der Waals surface area contributed by atoms with Gasteiger partial charge in [-0.3, -0.25) is 19.9 Å². The molecule has 3 aliphatic rings. The van der Waals surface area contributed by atoms with Crippen molar-refractivity contribution in [2.24, 2.45) is 0 Å². The summed E-state index contributed by atoms with van der Waals surface area (Å²) in [7, 11) is 1.78. The van der Waals surface area contributed by atoms with Crippen LogP contribution in [0.2, 0.25) is 0 Å². The number of aryl methyl sites for hydroxylation is 1. The van der Waals surface area contributed by atoms with Crippen LogP contribution in [0.25, 0.3) is 0 Å². The Kier molecular flexibility index (Phi) is 6.06. The number of imide groups is 1. The zero-order valence-corrected chi connectivity index (χ0v) is 21.1. The van der Waals surface area contributed by atoms with Crippen LogP contribution in [0, 0.1) is 6.92 Å². The molecule has 0 bridgehead atoms. The van der Waals surface area contributed by atoms with E-state index in [9.17, 15) is 9.59 Å². The number of hydrogen-bond donors (Lipinski definition) is 1. The smallest absolute Gasteiger partial charge is 0.328 e. The highest BCUT2D eigenvalue weighted by Gasteiger charge is 2.56. The van der Waals surface area contributed by atoms with Crippen LogP contribution in [0.15, 0.2) is 78.9 Å². The van der Waals surface area contributed by atoms with Crippen molar-refractivity contribution in [3.8, 4) is 11.5 Å². The standard InChI is InChI=1S/C29H31N5O3/c1-20-8-6-9-21(18-20)19-34-27(35)25-26(31(2)29(34)36)30-28-32(16-7-17-33(25)28)22-12-14-24(15-13-22)37-23-10-4-3-5-11-23/h3-6,8-15,18,25-26,28,30H,7,16-17,19H2,1-2H3. The molecule has 8 nitrogen and oxygen atoms in total. The maximum absolute atomic E-state index is 13.7. The Labute approximate surface area is 217 Å². The van der Waals surface area contributed by atoms with Crippen molar-refractivity contribution in [2.45, 2.75) is 38.4 Å². The molecule has 190 valence electrons. The second-order valence-corrected chi connectivity index (χ2v) is 9.93. The number of amides is 3. The first-order chi connectivity index (χ1) is 18.0. The van der Waals surface area contributed by atoms with Gasteiger partial charge in [-0.1, -0.05) is 48.0 Å². The van der Waals surface area contributed by atoms with Gasteiger partial charge >= 0.3 is 6.03 Å². The van der Waals surface area contributed by atoms with E-state index in [0.717, 1.165) is 47.8 Å². The average molecular weight is 498 g/mol. The van der Waals surface area contributed by atoms with Crippen molar-refractivity contribution in [1.29, 1.82) is 0 Å². The van der Waals surface area contributed by atoms with Gasteiger partial charge in [0.15, 0.2) is 0 Å². The van der Waals surface area contributed by atoms with E-state index in [-0.39, 0.29) is 30.9 Å². The highest BCUT2D eigenvalue weighted by molar-refractivity contribution is 6.00. The quantitative estimate of drug-likeness (QED) is 0.575. The highest BCUT2D eigenvalue weighted by atomic mass is 16.5. The summed E-state index contributed by atoms with van der Waals surface area (Å²) in [6.45, 7) is 3.93. The molecule has 6 rings (SSSR count). The number of carbonyl (C=O) groups is 2. The van der Waals surface area contributed by atoms with E-state index >= 15 is 0 Å². The predicted octanol–water partition coefficient (Wildman–Crippen LogP) is 3.98. The lowest BCUT2D eigenvalue weighted by atomic mass is 10.1. The number of rotatable bonds is 5. The van der Waals surface area contributed by atoms with Gasteiger partial charge in [-0.05, 0) is 55.3 Å². The molecular formula is C29H31N5O3. The van der Waals surface area contributed by atoms with Crippen LogP contribution in [-0.4, -0.2) is 65.3 Å². The van der Waals surface area contributed by atoms with Crippen molar-refractivity contribution in [3.05, 3.63) is 90.0 Å². The summed E-state index contributed by atoms with van der Waals surface area (Å²) in [5.74, 6) is 1.42. The third kappa shape index (κ3) is 4.32. The molecule has 37 heavy (non-hydrogen) atoms. The van der Waals surface area contributed by atoms with E-state index < -0.39 is 6.04 Å². The number of hydrogen-bond acceptors (Lipinski definition) is 6. The van der Waals surface area contributed by atoms with Gasteiger partial charge in [0.2, 0.25) is 0 Å². The lowest BCUT2D eigenvalue weighted by Crippen LogP contribution is -2.66. The molecule has 3 saturated heterocycles. The van der Waals surface area contributed by atoms with Crippen molar-refractivity contribution in [2.75, 3.05) is 25.0 Å². The monoisotopic (exact) mass is 497 g/mol. The molecule has 0 aromatic heterocycles. The highest BCUT2D eigenvalue weighted by Crippen LogP contribution is 2.34. The minimum Gasteiger partial charge on any atom is -0.457 e. The van der Waals surface area contributed by atoms with Gasteiger partial charge in [0.1, 0.15) is 30.0 Å². The first-order valence-electron chi connectivity index (χ1n) is 12.7. The molecule has 3 atom stereocenters. The fourth-order valence-electron chi connectivity index (χ4n) is 5.65. The van der Waals surface area contributed by atoms with E-state index in [1.165, 1.54) is 4.90 Å². The molecule has 0 spiro atoms. The first kappa shape index (κ1) is 23.5. The Hall–Kier alpha value is -3.88. The molecule has 0 radical (unpaired) electrons. The van der Waals surface area contributed by atoms with Crippen molar-refractivity contribution >= 4 is 17.6 Å². The molecule has 8 heteroatoms. The molecule has 3 aromatic carbocycles. The number of anilines is 1. The largest absolute Gasteiger partial charge is 0.457 e. The Balaban J connectivity index is 1.22. The normalized spacial score (nSPS) is 23.7. The molecule has 3 fully saturated rings. The Morgan fingerprint density at radius 1 is 0.919 bits per heavy atom. The zero-order valence-electron chi connectivity index (χ0n) is 21.1. The molecule has 0 aliphatic carbocycles. The van der Waals surface area contributed by atoms with Crippen LogP contribution in [0.4, 0.5) is 10.5 Å². The van der Waals surface area contributed by atoms with Crippen LogP contribution in [0.3, 0.4) is 0 Å². The lowest BCUT2D eigenvalue weighted by molar-refractivity contribution is -0.139. The lowest BCUT2D eigenvalue weighted by Gasteiger charge is -2.44. The van der Waals surface area contributed by atoms with Gasteiger partial charge in [0, 0.05) is 25.8 Å². The summed E-state index contributed by atoms with van der Waals surface area (Å²) in [4.78, 5) is 34.5. The number of nitrogens with zero attached hydrogens (tertiary/aromatic N) is 4. The van der Waals surface area contributed by atoms with Crippen LogP contribution in [-0.2, 0) is 11.3 Å². The maximum atomic E-state index is 13.7. The van der Waals surface area contributed by atoms with Gasteiger partial charge in [-0.25, -0.2) is 4.79 Å². The van der Waals surface area contributed by atoms with E-state index in [1.54, 1.807) is 11.9 Å². The van der Waals surface area contributed by atoms with Gasteiger partial charge in [-0.15, -0.1) is 0 Å². The van der Waals surface area contributed by atoms with Crippen LogP contribution in [0.5, 0.6) is 11.5 Å². The van der Waals surface area contributed by atoms with Gasteiger partial charge < -0.3 is 14.5 Å². The first-order valence-corrected chi connectivity index (χ1v) is 12.7. The molecule has 0 saturated carbocycles. The number of carbonyl (C=O) groups excluding carboxylic acids is 2. The number of ether oxygens (including phenoxy) is 1. The zero-order chi connectivity index (χ0) is 25.5. The van der Waals surface area contributed by atoms with E-state index in [2.05, 4.69) is 15.1 Å². The molecule has 1 N–H and O–H groups in total. The Morgan fingerprint density at radius 2 is 1.68 bits per heavy atom. The summed E-state index contributed by atoms with van der Waals surface area (Å²) < 4.78 is 5.95. The van der Waals surface area contributed by atoms with Crippen LogP contribution in [0.1, 0.15) is 17.5 Å². The van der Waals surface area contributed by atoms with E-state index in [1.807, 2.05) is 85.8 Å². The number of para-hydroxylation sites is 1. The average Bonchev–Trinajstić information content (AvgIpc) is 3.31. The van der Waals surface area contributed by atoms with Gasteiger partial charge in [0.25, 0.3) is 5.91 Å². The number of benzene rings is 3. The number of likely N-dealkylation sites (N-methyl/N-ethyl adjacent to an activating group) is 1. The van der Waals surface area contributed by atoms with Crippen LogP contribution >= 0.6 is 0 Å².